The first kappa shape index (κ1) is 27.4. The SMILES string of the molecule is CCn1c(=O)n(C2CC3CCC(C2)N3C(=O)OC(C)(C)C)c2c3cc(-c4ccc(-c5cnn(C)c5)nc4)ccc3ncc21. The third kappa shape index (κ3) is 4.69. The summed E-state index contributed by atoms with van der Waals surface area (Å²) in [5, 5.41) is 5.20. The van der Waals surface area contributed by atoms with Gasteiger partial charge in [0.15, 0.2) is 0 Å². The zero-order chi connectivity index (χ0) is 30.0. The molecule has 4 aromatic heterocycles. The highest BCUT2D eigenvalue weighted by Crippen LogP contribution is 2.43. The molecule has 2 bridgehead atoms. The minimum Gasteiger partial charge on any atom is -0.444 e. The third-order valence-corrected chi connectivity index (χ3v) is 8.88. The van der Waals surface area contributed by atoms with Crippen molar-refractivity contribution in [3.63, 3.8) is 0 Å². The molecule has 222 valence electrons. The van der Waals surface area contributed by atoms with Crippen LogP contribution in [0.1, 0.15) is 59.4 Å². The number of pyridine rings is 2. The van der Waals surface area contributed by atoms with E-state index in [1.165, 1.54) is 0 Å². The van der Waals surface area contributed by atoms with E-state index in [1.54, 1.807) is 4.68 Å². The maximum atomic E-state index is 14.0. The van der Waals surface area contributed by atoms with Crippen LogP contribution in [0.3, 0.4) is 0 Å². The number of aromatic nitrogens is 6. The Balaban J connectivity index is 1.29. The highest BCUT2D eigenvalue weighted by atomic mass is 16.6. The number of amides is 1. The topological polar surface area (TPSA) is 100 Å². The van der Waals surface area contributed by atoms with E-state index in [-0.39, 0.29) is 29.9 Å². The Kier molecular flexibility index (Phi) is 6.41. The van der Waals surface area contributed by atoms with Gasteiger partial charge in [0.1, 0.15) is 5.60 Å². The molecule has 43 heavy (non-hydrogen) atoms. The summed E-state index contributed by atoms with van der Waals surface area (Å²) in [6.07, 6.45) is 10.5. The van der Waals surface area contributed by atoms with E-state index in [9.17, 15) is 9.59 Å². The minimum absolute atomic E-state index is 0.0187. The van der Waals surface area contributed by atoms with E-state index in [4.69, 9.17) is 14.7 Å². The van der Waals surface area contributed by atoms with Gasteiger partial charge < -0.3 is 9.64 Å². The van der Waals surface area contributed by atoms with Crippen LogP contribution in [0.2, 0.25) is 0 Å². The van der Waals surface area contributed by atoms with Crippen molar-refractivity contribution < 1.29 is 9.53 Å². The normalized spacial score (nSPS) is 20.3. The Labute approximate surface area is 249 Å². The zero-order valence-corrected chi connectivity index (χ0v) is 25.3. The zero-order valence-electron chi connectivity index (χ0n) is 25.3. The third-order valence-electron chi connectivity index (χ3n) is 8.88. The number of carbonyl (C=O) groups excluding carboxylic acids is 1. The van der Waals surface area contributed by atoms with Crippen LogP contribution in [0.5, 0.6) is 0 Å². The number of hydrogen-bond acceptors (Lipinski definition) is 6. The number of piperidine rings is 1. The lowest BCUT2D eigenvalue weighted by Gasteiger charge is -2.39. The highest BCUT2D eigenvalue weighted by molar-refractivity contribution is 6.04. The maximum absolute atomic E-state index is 14.0. The second kappa shape index (κ2) is 10.1. The fourth-order valence-electron chi connectivity index (χ4n) is 7.03. The molecule has 2 aliphatic heterocycles. The molecule has 0 spiro atoms. The number of aryl methyl sites for hydroxylation is 2. The monoisotopic (exact) mass is 579 g/mol. The number of benzene rings is 1. The summed E-state index contributed by atoms with van der Waals surface area (Å²) in [4.78, 5) is 38.5. The van der Waals surface area contributed by atoms with Gasteiger partial charge in [-0.15, -0.1) is 0 Å². The van der Waals surface area contributed by atoms with Gasteiger partial charge in [-0.3, -0.25) is 23.8 Å². The van der Waals surface area contributed by atoms with Gasteiger partial charge in [-0.25, -0.2) is 9.59 Å². The Morgan fingerprint density at radius 2 is 1.70 bits per heavy atom. The van der Waals surface area contributed by atoms with Crippen molar-refractivity contribution in [3.8, 4) is 22.4 Å². The number of nitrogens with zero attached hydrogens (tertiary/aromatic N) is 7. The summed E-state index contributed by atoms with van der Waals surface area (Å²) in [6, 6.07) is 10.4. The van der Waals surface area contributed by atoms with Crippen LogP contribution in [0.25, 0.3) is 44.3 Å². The average Bonchev–Trinajstić information content (AvgIpc) is 3.62. The molecule has 0 saturated carbocycles. The van der Waals surface area contributed by atoms with Gasteiger partial charge in [0.2, 0.25) is 0 Å². The van der Waals surface area contributed by atoms with E-state index < -0.39 is 5.60 Å². The van der Waals surface area contributed by atoms with E-state index in [2.05, 4.69) is 23.3 Å². The molecule has 2 saturated heterocycles. The van der Waals surface area contributed by atoms with Crippen LogP contribution in [-0.2, 0) is 18.3 Å². The Hall–Kier alpha value is -4.47. The average molecular weight is 580 g/mol. The van der Waals surface area contributed by atoms with Crippen LogP contribution >= 0.6 is 0 Å². The summed E-state index contributed by atoms with van der Waals surface area (Å²) < 4.78 is 11.3. The summed E-state index contributed by atoms with van der Waals surface area (Å²) in [7, 11) is 1.89. The van der Waals surface area contributed by atoms with E-state index in [0.717, 1.165) is 70.0 Å². The Morgan fingerprint density at radius 1 is 0.953 bits per heavy atom. The van der Waals surface area contributed by atoms with Gasteiger partial charge in [-0.05, 0) is 77.1 Å². The van der Waals surface area contributed by atoms with E-state index in [0.29, 0.717) is 6.54 Å². The molecule has 2 aliphatic rings. The van der Waals surface area contributed by atoms with Crippen molar-refractivity contribution in [2.45, 2.75) is 83.6 Å². The number of rotatable bonds is 4. The molecule has 2 fully saturated rings. The molecule has 10 heteroatoms. The van der Waals surface area contributed by atoms with Gasteiger partial charge in [0, 0.05) is 60.6 Å². The van der Waals surface area contributed by atoms with Gasteiger partial charge in [-0.1, -0.05) is 12.1 Å². The molecular weight excluding hydrogens is 542 g/mol. The Morgan fingerprint density at radius 3 is 2.33 bits per heavy atom. The van der Waals surface area contributed by atoms with Crippen molar-refractivity contribution >= 4 is 28.0 Å². The fourth-order valence-corrected chi connectivity index (χ4v) is 7.03. The molecule has 7 rings (SSSR count). The molecule has 1 aromatic carbocycles. The molecule has 10 nitrogen and oxygen atoms in total. The lowest BCUT2D eigenvalue weighted by Crippen LogP contribution is -2.49. The number of fused-ring (bicyclic) bond motifs is 5. The first-order valence-electron chi connectivity index (χ1n) is 15.1. The number of imidazole rings is 1. The van der Waals surface area contributed by atoms with Crippen LogP contribution in [-0.4, -0.2) is 57.6 Å². The van der Waals surface area contributed by atoms with E-state index >= 15 is 0 Å². The Bertz CT molecular complexity index is 1900. The van der Waals surface area contributed by atoms with Crippen molar-refractivity contribution in [2.75, 3.05) is 0 Å². The lowest BCUT2D eigenvalue weighted by atomic mass is 9.97. The van der Waals surface area contributed by atoms with Crippen LogP contribution in [0.4, 0.5) is 4.79 Å². The molecular formula is C33H37N7O3. The molecule has 0 N–H and O–H groups in total. The van der Waals surface area contributed by atoms with Crippen molar-refractivity contribution in [3.05, 3.63) is 65.6 Å². The quantitative estimate of drug-likeness (QED) is 0.261. The van der Waals surface area contributed by atoms with Gasteiger partial charge in [-0.2, -0.15) is 5.10 Å². The first-order valence-corrected chi connectivity index (χ1v) is 15.1. The van der Waals surface area contributed by atoms with Crippen LogP contribution in [0, 0.1) is 0 Å². The molecule has 0 radical (unpaired) electrons. The number of carbonyl (C=O) groups is 1. The standard InChI is InChI=1S/C33H37N7O3/c1-6-38-29-18-35-28-12-7-20(21-8-11-27(34-16-21)22-17-36-37(5)19-22)13-26(28)30(29)40(31(38)41)25-14-23-9-10-24(15-25)39(23)32(42)43-33(2,3)4/h7-8,11-13,16-19,23-25H,6,9-10,14-15H2,1-5H3. The van der Waals surface area contributed by atoms with Crippen molar-refractivity contribution in [1.29, 1.82) is 0 Å². The largest absolute Gasteiger partial charge is 0.444 e. The van der Waals surface area contributed by atoms with Crippen LogP contribution in [0.15, 0.2) is 59.9 Å². The van der Waals surface area contributed by atoms with Gasteiger partial charge in [0.05, 0.1) is 34.6 Å². The fraction of sp³-hybridized carbons (Fsp3) is 0.424. The first-order chi connectivity index (χ1) is 20.6. The summed E-state index contributed by atoms with van der Waals surface area (Å²) >= 11 is 0. The summed E-state index contributed by atoms with van der Waals surface area (Å²) in [5.74, 6) is 0. The predicted molar refractivity (Wildman–Crippen MR) is 166 cm³/mol. The predicted octanol–water partition coefficient (Wildman–Crippen LogP) is 5.94. The second-order valence-electron chi connectivity index (χ2n) is 12.9. The van der Waals surface area contributed by atoms with Crippen LogP contribution < -0.4 is 5.69 Å². The minimum atomic E-state index is -0.545. The molecule has 0 aliphatic carbocycles. The molecule has 1 amide bonds. The number of ether oxygens (including phenoxy) is 1. The highest BCUT2D eigenvalue weighted by Gasteiger charge is 2.46. The van der Waals surface area contributed by atoms with Gasteiger partial charge >= 0.3 is 11.8 Å². The molecule has 2 atom stereocenters. The number of hydrogen-bond donors (Lipinski definition) is 0. The smallest absolute Gasteiger partial charge is 0.410 e. The summed E-state index contributed by atoms with van der Waals surface area (Å²) in [5.41, 5.74) is 5.85. The molecule has 2 unspecified atom stereocenters. The maximum Gasteiger partial charge on any atom is 0.410 e. The van der Waals surface area contributed by atoms with Gasteiger partial charge in [0.25, 0.3) is 0 Å². The van der Waals surface area contributed by atoms with E-state index in [1.807, 2.05) is 85.7 Å². The van der Waals surface area contributed by atoms with Crippen molar-refractivity contribution in [1.82, 2.24) is 33.8 Å². The summed E-state index contributed by atoms with van der Waals surface area (Å²) in [6.45, 7) is 8.25. The lowest BCUT2D eigenvalue weighted by molar-refractivity contribution is 0.00298. The molecule has 5 aromatic rings. The molecule has 6 heterocycles. The van der Waals surface area contributed by atoms with Crippen molar-refractivity contribution in [2.24, 2.45) is 7.05 Å². The second-order valence-corrected chi connectivity index (χ2v) is 12.9.